The van der Waals surface area contributed by atoms with Gasteiger partial charge in [-0.05, 0) is 37.1 Å². The molecule has 3 aromatic rings. The molecule has 1 aliphatic heterocycles. The molecule has 1 unspecified atom stereocenters. The average molecular weight is 450 g/mol. The van der Waals surface area contributed by atoms with Gasteiger partial charge in [0.2, 0.25) is 0 Å². The molecule has 0 spiro atoms. The van der Waals surface area contributed by atoms with Crippen LogP contribution in [0.5, 0.6) is 11.5 Å². The number of esters is 2. The van der Waals surface area contributed by atoms with E-state index >= 15 is 0 Å². The molecule has 0 bridgehead atoms. The number of fused-ring (bicyclic) bond motifs is 2. The van der Waals surface area contributed by atoms with Gasteiger partial charge in [-0.3, -0.25) is 14.4 Å². The van der Waals surface area contributed by atoms with Crippen molar-refractivity contribution in [2.75, 3.05) is 6.61 Å². The van der Waals surface area contributed by atoms with Gasteiger partial charge in [-0.15, -0.1) is 0 Å². The Bertz CT molecular complexity index is 1280. The van der Waals surface area contributed by atoms with Crippen LogP contribution in [0.25, 0.3) is 21.5 Å². The third-order valence-corrected chi connectivity index (χ3v) is 5.46. The number of rotatable bonds is 6. The summed E-state index contributed by atoms with van der Waals surface area (Å²) in [6.07, 6.45) is 0.545. The number of hydrogen-bond donors (Lipinski definition) is 0. The molecule has 1 saturated heterocycles. The van der Waals surface area contributed by atoms with Crippen LogP contribution in [0.15, 0.2) is 53.3 Å². The van der Waals surface area contributed by atoms with Gasteiger partial charge in [0.15, 0.2) is 11.2 Å². The summed E-state index contributed by atoms with van der Waals surface area (Å²) in [6, 6.07) is 13.8. The molecular weight excluding hydrogens is 424 g/mol. The quantitative estimate of drug-likeness (QED) is 0.403. The monoisotopic (exact) mass is 450 g/mol. The molecule has 0 radical (unpaired) electrons. The molecule has 1 fully saturated rings. The summed E-state index contributed by atoms with van der Waals surface area (Å²) >= 11 is 0. The van der Waals surface area contributed by atoms with Crippen molar-refractivity contribution >= 4 is 33.5 Å². The maximum atomic E-state index is 13.3. The van der Waals surface area contributed by atoms with E-state index in [4.69, 9.17) is 18.9 Å². The van der Waals surface area contributed by atoms with Gasteiger partial charge in [-0.25, -0.2) is 0 Å². The van der Waals surface area contributed by atoms with Crippen molar-refractivity contribution in [2.24, 2.45) is 0 Å². The van der Waals surface area contributed by atoms with Gasteiger partial charge < -0.3 is 18.9 Å². The first-order valence-electron chi connectivity index (χ1n) is 11.0. The van der Waals surface area contributed by atoms with Crippen molar-refractivity contribution < 1.29 is 28.5 Å². The van der Waals surface area contributed by atoms with Crippen molar-refractivity contribution in [2.45, 2.75) is 51.9 Å². The largest absolute Gasteiger partial charge is 0.426 e. The molecule has 0 aliphatic carbocycles. The lowest BCUT2D eigenvalue weighted by Gasteiger charge is -2.16. The van der Waals surface area contributed by atoms with Gasteiger partial charge >= 0.3 is 11.9 Å². The lowest BCUT2D eigenvalue weighted by molar-refractivity contribution is -0.143. The number of benzene rings is 2. The minimum absolute atomic E-state index is 0.0720. The number of carbonyl (C=O) groups excluding carboxylic acids is 2. The Kier molecular flexibility index (Phi) is 6.44. The van der Waals surface area contributed by atoms with E-state index < -0.39 is 17.7 Å². The van der Waals surface area contributed by atoms with E-state index in [1.807, 2.05) is 32.0 Å². The highest BCUT2D eigenvalue weighted by Crippen LogP contribution is 2.31. The van der Waals surface area contributed by atoms with Crippen LogP contribution in [0.1, 0.15) is 40.0 Å². The molecule has 1 atom stereocenters. The first-order valence-corrected chi connectivity index (χ1v) is 11.0. The SMILES string of the molecule is CCC(=O)Oc1cc(OC(=O)CCC2COC(C)(C)O2)cc2ccc3ccccc3c(=O)c12. The molecule has 1 heterocycles. The standard InChI is InChI=1S/C26H26O7/c1-4-22(27)32-21-14-19(31-23(28)12-11-18-15-30-26(2,3)33-18)13-17-10-9-16-7-5-6-8-20(16)25(29)24(17)21/h5-10,13-14,18H,4,11-12,15H2,1-3H3. The summed E-state index contributed by atoms with van der Waals surface area (Å²) in [5.74, 6) is -1.33. The highest BCUT2D eigenvalue weighted by Gasteiger charge is 2.32. The number of carbonyl (C=O) groups is 2. The molecule has 0 amide bonds. The normalized spacial score (nSPS) is 17.2. The van der Waals surface area contributed by atoms with Crippen molar-refractivity contribution in [1.29, 1.82) is 0 Å². The fourth-order valence-corrected chi connectivity index (χ4v) is 3.85. The minimum atomic E-state index is -0.653. The Balaban J connectivity index is 1.66. The molecule has 3 aromatic carbocycles. The zero-order valence-electron chi connectivity index (χ0n) is 18.9. The first-order chi connectivity index (χ1) is 15.8. The van der Waals surface area contributed by atoms with E-state index in [-0.39, 0.29) is 41.3 Å². The summed E-state index contributed by atoms with van der Waals surface area (Å²) in [5.41, 5.74) is -0.261. The summed E-state index contributed by atoms with van der Waals surface area (Å²) in [7, 11) is 0. The topological polar surface area (TPSA) is 88.1 Å². The highest BCUT2D eigenvalue weighted by atomic mass is 16.7. The molecule has 4 rings (SSSR count). The van der Waals surface area contributed by atoms with E-state index in [2.05, 4.69) is 0 Å². The van der Waals surface area contributed by atoms with E-state index in [1.54, 1.807) is 31.2 Å². The first kappa shape index (κ1) is 22.9. The van der Waals surface area contributed by atoms with Crippen LogP contribution in [-0.2, 0) is 19.1 Å². The van der Waals surface area contributed by atoms with Crippen LogP contribution in [0.3, 0.4) is 0 Å². The molecule has 33 heavy (non-hydrogen) atoms. The Labute approximate surface area is 191 Å². The maximum absolute atomic E-state index is 13.3. The van der Waals surface area contributed by atoms with Crippen LogP contribution in [0, 0.1) is 0 Å². The zero-order chi connectivity index (χ0) is 23.6. The van der Waals surface area contributed by atoms with Gasteiger partial charge in [0.05, 0.1) is 18.1 Å². The molecule has 172 valence electrons. The van der Waals surface area contributed by atoms with E-state index in [0.717, 1.165) is 5.39 Å². The Morgan fingerprint density at radius 1 is 1.03 bits per heavy atom. The second-order valence-electron chi connectivity index (χ2n) is 8.43. The molecular formula is C26H26O7. The Morgan fingerprint density at radius 2 is 1.79 bits per heavy atom. The Hall–Kier alpha value is -3.29. The van der Waals surface area contributed by atoms with E-state index in [1.165, 1.54) is 6.07 Å². The van der Waals surface area contributed by atoms with Crippen LogP contribution < -0.4 is 14.9 Å². The van der Waals surface area contributed by atoms with Crippen LogP contribution in [-0.4, -0.2) is 30.4 Å². The predicted molar refractivity (Wildman–Crippen MR) is 123 cm³/mol. The summed E-state index contributed by atoms with van der Waals surface area (Å²) in [4.78, 5) is 37.8. The van der Waals surface area contributed by atoms with Crippen molar-refractivity contribution in [1.82, 2.24) is 0 Å². The highest BCUT2D eigenvalue weighted by molar-refractivity contribution is 5.98. The number of hydrogen-bond acceptors (Lipinski definition) is 7. The van der Waals surface area contributed by atoms with Gasteiger partial charge in [0.25, 0.3) is 0 Å². The second kappa shape index (κ2) is 9.29. The van der Waals surface area contributed by atoms with Gasteiger partial charge in [-0.1, -0.05) is 43.3 Å². The lowest BCUT2D eigenvalue weighted by atomic mass is 10.1. The van der Waals surface area contributed by atoms with Crippen molar-refractivity contribution in [3.63, 3.8) is 0 Å². The molecule has 0 N–H and O–H groups in total. The lowest BCUT2D eigenvalue weighted by Crippen LogP contribution is -2.22. The summed E-state index contributed by atoms with van der Waals surface area (Å²) < 4.78 is 22.2. The third-order valence-electron chi connectivity index (χ3n) is 5.46. The Morgan fingerprint density at radius 3 is 2.52 bits per heavy atom. The van der Waals surface area contributed by atoms with Gasteiger partial charge in [0, 0.05) is 24.3 Å². The van der Waals surface area contributed by atoms with Crippen LogP contribution in [0.2, 0.25) is 0 Å². The number of ether oxygens (including phenoxy) is 4. The summed E-state index contributed by atoms with van der Waals surface area (Å²) in [5, 5.41) is 2.03. The van der Waals surface area contributed by atoms with E-state index in [0.29, 0.717) is 23.8 Å². The van der Waals surface area contributed by atoms with Crippen molar-refractivity contribution in [3.05, 3.63) is 58.8 Å². The fourth-order valence-electron chi connectivity index (χ4n) is 3.85. The summed E-state index contributed by atoms with van der Waals surface area (Å²) in [6.45, 7) is 5.74. The average Bonchev–Trinajstić information content (AvgIpc) is 3.07. The van der Waals surface area contributed by atoms with Gasteiger partial charge in [0.1, 0.15) is 11.5 Å². The molecule has 7 nitrogen and oxygen atoms in total. The molecule has 7 heteroatoms. The van der Waals surface area contributed by atoms with Crippen molar-refractivity contribution in [3.8, 4) is 11.5 Å². The molecule has 0 aromatic heterocycles. The zero-order valence-corrected chi connectivity index (χ0v) is 18.9. The molecule has 1 aliphatic rings. The molecule has 0 saturated carbocycles. The minimum Gasteiger partial charge on any atom is -0.426 e. The smallest absolute Gasteiger partial charge is 0.311 e. The van der Waals surface area contributed by atoms with Crippen LogP contribution >= 0.6 is 0 Å². The van der Waals surface area contributed by atoms with Crippen LogP contribution in [0.4, 0.5) is 0 Å². The predicted octanol–water partition coefficient (Wildman–Crippen LogP) is 4.51. The van der Waals surface area contributed by atoms with Gasteiger partial charge in [-0.2, -0.15) is 0 Å². The second-order valence-corrected chi connectivity index (χ2v) is 8.43. The maximum Gasteiger partial charge on any atom is 0.311 e. The fraction of sp³-hybridized carbons (Fsp3) is 0.346. The van der Waals surface area contributed by atoms with E-state index in [9.17, 15) is 14.4 Å². The third kappa shape index (κ3) is 5.21.